The fourth-order valence-corrected chi connectivity index (χ4v) is 5.27. The average molecular weight is 532 g/mol. The number of hydrogen-bond acceptors (Lipinski definition) is 8. The molecule has 0 aliphatic heterocycles. The van der Waals surface area contributed by atoms with Crippen LogP contribution in [0.15, 0.2) is 54.4 Å². The van der Waals surface area contributed by atoms with Crippen LogP contribution in [0.5, 0.6) is 0 Å². The summed E-state index contributed by atoms with van der Waals surface area (Å²) in [5, 5.41) is 11.4. The molecule has 2 aromatic carbocycles. The molecule has 1 unspecified atom stereocenters. The van der Waals surface area contributed by atoms with Crippen LogP contribution in [0.3, 0.4) is 0 Å². The van der Waals surface area contributed by atoms with Crippen molar-refractivity contribution in [3.05, 3.63) is 75.9 Å². The number of esters is 1. The third kappa shape index (κ3) is 5.65. The molecule has 0 saturated heterocycles. The Kier molecular flexibility index (Phi) is 8.05. The molecule has 1 atom stereocenters. The first kappa shape index (κ1) is 27.8. The molecule has 7 nitrogen and oxygen atoms in total. The Morgan fingerprint density at radius 3 is 2.41 bits per heavy atom. The van der Waals surface area contributed by atoms with E-state index < -0.39 is 29.9 Å². The summed E-state index contributed by atoms with van der Waals surface area (Å²) in [7, 11) is 0. The standard InChI is InChI=1S/C26H28F3N5O2S/c1-4-25(26(27,28)29,36-24(35)17-6-8-18(31)9-7-17)22(32)14-34(33)13-16-5-10-19-20(11-16)37-21(12-30)23(19)15(2)3/h5-11,14-15H,4,13,31-33H2,1-3H3/b22-14-. The molecule has 3 rings (SSSR count). The summed E-state index contributed by atoms with van der Waals surface area (Å²) in [5.41, 5.74) is 9.54. The predicted molar refractivity (Wildman–Crippen MR) is 138 cm³/mol. The molecule has 0 aliphatic rings. The van der Waals surface area contributed by atoms with Crippen molar-refractivity contribution in [3.63, 3.8) is 0 Å². The molecule has 0 fully saturated rings. The molecular formula is C26H28F3N5O2S. The van der Waals surface area contributed by atoms with Crippen molar-refractivity contribution in [2.24, 2.45) is 11.6 Å². The molecular weight excluding hydrogens is 503 g/mol. The zero-order chi connectivity index (χ0) is 27.5. The highest BCUT2D eigenvalue weighted by Gasteiger charge is 2.59. The molecule has 0 bridgehead atoms. The van der Waals surface area contributed by atoms with E-state index in [0.717, 1.165) is 26.9 Å². The number of hydrogen-bond donors (Lipinski definition) is 3. The Bertz CT molecular complexity index is 1360. The first-order chi connectivity index (χ1) is 17.3. The summed E-state index contributed by atoms with van der Waals surface area (Å²) in [6, 6.07) is 13.0. The number of alkyl halides is 3. The number of rotatable bonds is 8. The van der Waals surface area contributed by atoms with E-state index in [1.807, 2.05) is 26.0 Å². The molecule has 3 aromatic rings. The van der Waals surface area contributed by atoms with Gasteiger partial charge in [-0.25, -0.2) is 10.6 Å². The fraction of sp³-hybridized carbons (Fsp3) is 0.308. The molecule has 0 spiro atoms. The normalized spacial score (nSPS) is 13.9. The van der Waals surface area contributed by atoms with Crippen molar-refractivity contribution in [2.45, 2.75) is 51.4 Å². The van der Waals surface area contributed by atoms with Crippen molar-refractivity contribution in [3.8, 4) is 6.07 Å². The smallest absolute Gasteiger partial charge is 0.434 e. The van der Waals surface area contributed by atoms with Gasteiger partial charge in [-0.15, -0.1) is 11.3 Å². The van der Waals surface area contributed by atoms with Crippen molar-refractivity contribution >= 4 is 33.1 Å². The third-order valence-electron chi connectivity index (χ3n) is 5.98. The van der Waals surface area contributed by atoms with Gasteiger partial charge in [-0.3, -0.25) is 0 Å². The predicted octanol–water partition coefficient (Wildman–Crippen LogP) is 5.52. The van der Waals surface area contributed by atoms with Gasteiger partial charge < -0.3 is 21.2 Å². The first-order valence-corrected chi connectivity index (χ1v) is 12.2. The van der Waals surface area contributed by atoms with Gasteiger partial charge in [0, 0.05) is 16.6 Å². The van der Waals surface area contributed by atoms with E-state index in [4.69, 9.17) is 22.0 Å². The lowest BCUT2D eigenvalue weighted by molar-refractivity contribution is -0.245. The van der Waals surface area contributed by atoms with Gasteiger partial charge in [-0.05, 0) is 59.2 Å². The zero-order valence-corrected chi connectivity index (χ0v) is 21.4. The molecule has 0 amide bonds. The summed E-state index contributed by atoms with van der Waals surface area (Å²) in [6.07, 6.45) is -4.75. The number of benzene rings is 2. The first-order valence-electron chi connectivity index (χ1n) is 11.4. The second kappa shape index (κ2) is 10.7. The van der Waals surface area contributed by atoms with Gasteiger partial charge in [0.25, 0.3) is 0 Å². The van der Waals surface area contributed by atoms with E-state index in [9.17, 15) is 23.2 Å². The Balaban J connectivity index is 1.89. The van der Waals surface area contributed by atoms with Crippen LogP contribution >= 0.6 is 11.3 Å². The minimum Gasteiger partial charge on any atom is -0.439 e. The van der Waals surface area contributed by atoms with Crippen molar-refractivity contribution < 1.29 is 22.7 Å². The second-order valence-corrected chi connectivity index (χ2v) is 9.94. The van der Waals surface area contributed by atoms with Crippen LogP contribution in [0.1, 0.15) is 59.5 Å². The zero-order valence-electron chi connectivity index (χ0n) is 20.6. The number of ether oxygens (including phenoxy) is 1. The summed E-state index contributed by atoms with van der Waals surface area (Å²) in [4.78, 5) is 13.2. The van der Waals surface area contributed by atoms with E-state index in [-0.39, 0.29) is 18.0 Å². The second-order valence-electron chi connectivity index (χ2n) is 8.89. The highest BCUT2D eigenvalue weighted by molar-refractivity contribution is 7.19. The quantitative estimate of drug-likeness (QED) is 0.151. The number of carbonyl (C=O) groups excluding carboxylic acids is 1. The van der Waals surface area contributed by atoms with Gasteiger partial charge in [0.1, 0.15) is 10.9 Å². The summed E-state index contributed by atoms with van der Waals surface area (Å²) in [6.45, 7) is 5.25. The molecule has 0 saturated carbocycles. The fourth-order valence-electron chi connectivity index (χ4n) is 4.05. The Labute approximate surface area is 216 Å². The number of nitrogens with two attached hydrogens (primary N) is 3. The van der Waals surface area contributed by atoms with E-state index in [0.29, 0.717) is 16.1 Å². The van der Waals surface area contributed by atoms with Crippen LogP contribution in [0.2, 0.25) is 0 Å². The molecule has 1 aromatic heterocycles. The third-order valence-corrected chi connectivity index (χ3v) is 7.05. The molecule has 0 aliphatic carbocycles. The lowest BCUT2D eigenvalue weighted by Gasteiger charge is -2.35. The number of carbonyl (C=O) groups is 1. The van der Waals surface area contributed by atoms with E-state index in [1.165, 1.54) is 42.5 Å². The number of thiophene rings is 1. The number of nitrogen functional groups attached to an aromatic ring is 1. The van der Waals surface area contributed by atoms with Gasteiger partial charge in [0.05, 0.1) is 17.8 Å². The van der Waals surface area contributed by atoms with E-state index in [1.54, 1.807) is 6.07 Å². The summed E-state index contributed by atoms with van der Waals surface area (Å²) < 4.78 is 48.6. The van der Waals surface area contributed by atoms with Crippen LogP contribution in [0.25, 0.3) is 10.1 Å². The number of nitrogens with zero attached hydrogens (tertiary/aromatic N) is 2. The van der Waals surface area contributed by atoms with Crippen LogP contribution in [0, 0.1) is 11.3 Å². The van der Waals surface area contributed by atoms with Crippen LogP contribution in [-0.4, -0.2) is 22.8 Å². The Morgan fingerprint density at radius 2 is 1.86 bits per heavy atom. The highest BCUT2D eigenvalue weighted by atomic mass is 32.1. The lowest BCUT2D eigenvalue weighted by Crippen LogP contribution is -2.53. The number of hydrazine groups is 1. The number of halogens is 3. The molecule has 37 heavy (non-hydrogen) atoms. The maximum absolute atomic E-state index is 14.3. The van der Waals surface area contributed by atoms with Gasteiger partial charge in [-0.1, -0.05) is 32.9 Å². The highest BCUT2D eigenvalue weighted by Crippen LogP contribution is 2.41. The number of anilines is 1. The van der Waals surface area contributed by atoms with Crippen molar-refractivity contribution in [1.82, 2.24) is 5.01 Å². The van der Waals surface area contributed by atoms with Crippen molar-refractivity contribution in [2.75, 3.05) is 5.73 Å². The SMILES string of the molecule is CCC(OC(=O)c1ccc(N)cc1)(/C(N)=C/N(N)Cc1ccc2c(C(C)C)c(C#N)sc2c1)C(F)(F)F. The molecule has 6 N–H and O–H groups in total. The Morgan fingerprint density at radius 1 is 1.22 bits per heavy atom. The van der Waals surface area contributed by atoms with Gasteiger partial charge in [0.2, 0.25) is 5.60 Å². The van der Waals surface area contributed by atoms with Crippen LogP contribution in [0.4, 0.5) is 18.9 Å². The van der Waals surface area contributed by atoms with Crippen LogP contribution < -0.4 is 17.3 Å². The van der Waals surface area contributed by atoms with Crippen LogP contribution in [-0.2, 0) is 11.3 Å². The minimum atomic E-state index is -5.01. The molecule has 0 radical (unpaired) electrons. The largest absolute Gasteiger partial charge is 0.439 e. The topological polar surface area (TPSA) is 131 Å². The summed E-state index contributed by atoms with van der Waals surface area (Å²) in [5.74, 6) is 4.98. The monoisotopic (exact) mass is 531 g/mol. The Hall–Kier alpha value is -3.75. The van der Waals surface area contributed by atoms with E-state index >= 15 is 0 Å². The summed E-state index contributed by atoms with van der Waals surface area (Å²) >= 11 is 1.35. The number of nitriles is 1. The molecule has 1 heterocycles. The molecule has 196 valence electrons. The van der Waals surface area contributed by atoms with Gasteiger partial charge >= 0.3 is 12.1 Å². The average Bonchev–Trinajstić information content (AvgIpc) is 3.20. The maximum atomic E-state index is 14.3. The van der Waals surface area contributed by atoms with Crippen molar-refractivity contribution in [1.29, 1.82) is 5.26 Å². The van der Waals surface area contributed by atoms with E-state index in [2.05, 4.69) is 6.07 Å². The van der Waals surface area contributed by atoms with Gasteiger partial charge in [0.15, 0.2) is 0 Å². The van der Waals surface area contributed by atoms with Gasteiger partial charge in [-0.2, -0.15) is 18.4 Å². The lowest BCUT2D eigenvalue weighted by atomic mass is 9.95. The maximum Gasteiger partial charge on any atom is 0.434 e. The minimum absolute atomic E-state index is 0.0248. The number of fused-ring (bicyclic) bond motifs is 1. The molecule has 11 heteroatoms.